The van der Waals surface area contributed by atoms with Crippen LogP contribution in [0.3, 0.4) is 0 Å². The van der Waals surface area contributed by atoms with Crippen LogP contribution >= 0.6 is 11.3 Å². The summed E-state index contributed by atoms with van der Waals surface area (Å²) < 4.78 is 5.70. The van der Waals surface area contributed by atoms with E-state index in [-0.39, 0.29) is 5.91 Å². The standard InChI is InChI=1S/C21H27N3O2S/c1-17-7-8-19(27-17)21(25)23-10-3-6-14-26-20-15-18(9-11-22-20)16-24-12-4-2-5-13-24/h3,6-9,11,15H,2,4-5,10,12-14,16H2,1H3,(H,23,25)/b6-3-. The van der Waals surface area contributed by atoms with Gasteiger partial charge in [-0.25, -0.2) is 4.98 Å². The van der Waals surface area contributed by atoms with Crippen molar-refractivity contribution in [3.05, 3.63) is 57.9 Å². The number of likely N-dealkylation sites (tertiary alicyclic amines) is 1. The summed E-state index contributed by atoms with van der Waals surface area (Å²) in [5, 5.41) is 2.87. The molecule has 1 fully saturated rings. The molecule has 27 heavy (non-hydrogen) atoms. The van der Waals surface area contributed by atoms with Crippen molar-refractivity contribution in [1.29, 1.82) is 0 Å². The summed E-state index contributed by atoms with van der Waals surface area (Å²) in [4.78, 5) is 20.6. The van der Waals surface area contributed by atoms with E-state index in [0.717, 1.165) is 16.3 Å². The maximum absolute atomic E-state index is 11.9. The van der Waals surface area contributed by atoms with E-state index in [1.165, 1.54) is 49.3 Å². The number of nitrogens with one attached hydrogen (secondary N) is 1. The van der Waals surface area contributed by atoms with Gasteiger partial charge in [-0.15, -0.1) is 11.3 Å². The SMILES string of the molecule is Cc1ccc(C(=O)NC/C=C\COc2cc(CN3CCCCC3)ccn2)s1. The lowest BCUT2D eigenvalue weighted by atomic mass is 10.1. The topological polar surface area (TPSA) is 54.5 Å². The van der Waals surface area contributed by atoms with Crippen LogP contribution in [0.2, 0.25) is 0 Å². The van der Waals surface area contributed by atoms with E-state index in [4.69, 9.17) is 4.74 Å². The van der Waals surface area contributed by atoms with Crippen LogP contribution in [0.1, 0.15) is 39.4 Å². The second kappa shape index (κ2) is 10.2. The maximum atomic E-state index is 11.9. The summed E-state index contributed by atoms with van der Waals surface area (Å²) in [7, 11) is 0. The zero-order chi connectivity index (χ0) is 18.9. The molecule has 1 saturated heterocycles. The highest BCUT2D eigenvalue weighted by Crippen LogP contribution is 2.16. The zero-order valence-electron chi connectivity index (χ0n) is 15.8. The summed E-state index contributed by atoms with van der Waals surface area (Å²) in [5.74, 6) is 0.609. The molecule has 0 bridgehead atoms. The third-order valence-electron chi connectivity index (χ3n) is 4.49. The number of hydrogen-bond acceptors (Lipinski definition) is 5. The molecule has 3 rings (SSSR count). The van der Waals surface area contributed by atoms with Crippen LogP contribution in [0.5, 0.6) is 5.88 Å². The third-order valence-corrected chi connectivity index (χ3v) is 5.49. The fourth-order valence-electron chi connectivity index (χ4n) is 3.08. The van der Waals surface area contributed by atoms with Gasteiger partial charge in [0.1, 0.15) is 6.61 Å². The molecule has 0 radical (unpaired) electrons. The van der Waals surface area contributed by atoms with Gasteiger partial charge in [-0.2, -0.15) is 0 Å². The van der Waals surface area contributed by atoms with Crippen molar-refractivity contribution in [2.24, 2.45) is 0 Å². The molecule has 0 unspecified atom stereocenters. The molecule has 1 N–H and O–H groups in total. The van der Waals surface area contributed by atoms with Crippen LogP contribution in [0.4, 0.5) is 0 Å². The number of nitrogens with zero attached hydrogens (tertiary/aromatic N) is 2. The Kier molecular flexibility index (Phi) is 7.42. The van der Waals surface area contributed by atoms with Crippen LogP contribution in [0.15, 0.2) is 42.6 Å². The van der Waals surface area contributed by atoms with Crippen molar-refractivity contribution in [2.45, 2.75) is 32.7 Å². The minimum atomic E-state index is -0.0363. The van der Waals surface area contributed by atoms with E-state index in [2.05, 4.69) is 21.3 Å². The Labute approximate surface area is 165 Å². The molecule has 1 aliphatic rings. The van der Waals surface area contributed by atoms with Crippen molar-refractivity contribution in [1.82, 2.24) is 15.2 Å². The summed E-state index contributed by atoms with van der Waals surface area (Å²) in [6, 6.07) is 7.88. The number of aromatic nitrogens is 1. The van der Waals surface area contributed by atoms with Gasteiger partial charge in [-0.05, 0) is 62.7 Å². The first-order valence-electron chi connectivity index (χ1n) is 9.50. The Morgan fingerprint density at radius 3 is 2.89 bits per heavy atom. The lowest BCUT2D eigenvalue weighted by Gasteiger charge is -2.26. The van der Waals surface area contributed by atoms with Crippen LogP contribution in [-0.4, -0.2) is 42.0 Å². The van der Waals surface area contributed by atoms with Gasteiger partial charge in [0, 0.05) is 30.2 Å². The molecule has 0 atom stereocenters. The van der Waals surface area contributed by atoms with Gasteiger partial charge in [0.25, 0.3) is 5.91 Å². The van der Waals surface area contributed by atoms with Crippen LogP contribution in [0.25, 0.3) is 0 Å². The van der Waals surface area contributed by atoms with Gasteiger partial charge in [0.05, 0.1) is 4.88 Å². The Bertz CT molecular complexity index is 766. The molecule has 5 nitrogen and oxygen atoms in total. The van der Waals surface area contributed by atoms with Crippen molar-refractivity contribution in [3.63, 3.8) is 0 Å². The fourth-order valence-corrected chi connectivity index (χ4v) is 3.87. The second-order valence-electron chi connectivity index (χ2n) is 6.74. The summed E-state index contributed by atoms with van der Waals surface area (Å²) in [5.41, 5.74) is 1.24. The van der Waals surface area contributed by atoms with E-state index < -0.39 is 0 Å². The van der Waals surface area contributed by atoms with Crippen molar-refractivity contribution in [2.75, 3.05) is 26.2 Å². The highest BCUT2D eigenvalue weighted by atomic mass is 32.1. The predicted molar refractivity (Wildman–Crippen MR) is 109 cm³/mol. The molecule has 3 heterocycles. The number of amides is 1. The van der Waals surface area contributed by atoms with Gasteiger partial charge in [-0.3, -0.25) is 9.69 Å². The van der Waals surface area contributed by atoms with E-state index in [1.54, 1.807) is 0 Å². The number of ether oxygens (including phenoxy) is 1. The Hall–Kier alpha value is -2.18. The highest BCUT2D eigenvalue weighted by Gasteiger charge is 2.11. The predicted octanol–water partition coefficient (Wildman–Crippen LogP) is 3.80. The number of thiophene rings is 1. The molecule has 0 aromatic carbocycles. The first-order chi connectivity index (χ1) is 13.2. The Morgan fingerprint density at radius 2 is 2.11 bits per heavy atom. The molecular formula is C21H27N3O2S. The van der Waals surface area contributed by atoms with E-state index in [0.29, 0.717) is 19.0 Å². The lowest BCUT2D eigenvalue weighted by molar-refractivity contribution is 0.0962. The fraction of sp³-hybridized carbons (Fsp3) is 0.429. The molecular weight excluding hydrogens is 358 g/mol. The quantitative estimate of drug-likeness (QED) is 0.702. The monoisotopic (exact) mass is 385 g/mol. The number of hydrogen-bond donors (Lipinski definition) is 1. The van der Waals surface area contributed by atoms with E-state index in [1.807, 2.05) is 43.5 Å². The van der Waals surface area contributed by atoms with Crippen molar-refractivity contribution in [3.8, 4) is 5.88 Å². The summed E-state index contributed by atoms with van der Waals surface area (Å²) in [6.45, 7) is 6.24. The average molecular weight is 386 g/mol. The van der Waals surface area contributed by atoms with Gasteiger partial charge in [0.2, 0.25) is 5.88 Å². The van der Waals surface area contributed by atoms with Crippen LogP contribution < -0.4 is 10.1 Å². The summed E-state index contributed by atoms with van der Waals surface area (Å²) in [6.07, 6.45) is 9.54. The van der Waals surface area contributed by atoms with E-state index >= 15 is 0 Å². The number of carbonyl (C=O) groups is 1. The number of pyridine rings is 1. The zero-order valence-corrected chi connectivity index (χ0v) is 16.6. The average Bonchev–Trinajstić information content (AvgIpc) is 3.12. The van der Waals surface area contributed by atoms with Gasteiger partial charge >= 0.3 is 0 Å². The largest absolute Gasteiger partial charge is 0.473 e. The number of piperidine rings is 1. The van der Waals surface area contributed by atoms with Crippen molar-refractivity contribution >= 4 is 17.2 Å². The first kappa shape index (κ1) is 19.6. The minimum Gasteiger partial charge on any atom is -0.473 e. The molecule has 1 amide bonds. The number of rotatable bonds is 8. The number of carbonyl (C=O) groups excluding carboxylic acids is 1. The molecule has 6 heteroatoms. The molecule has 2 aromatic rings. The van der Waals surface area contributed by atoms with Crippen LogP contribution in [0, 0.1) is 6.92 Å². The molecule has 1 aliphatic heterocycles. The molecule has 144 valence electrons. The second-order valence-corrected chi connectivity index (χ2v) is 8.03. The summed E-state index contributed by atoms with van der Waals surface area (Å²) >= 11 is 1.50. The number of aryl methyl sites for hydroxylation is 1. The lowest BCUT2D eigenvalue weighted by Crippen LogP contribution is -2.29. The van der Waals surface area contributed by atoms with Gasteiger partial charge < -0.3 is 10.1 Å². The minimum absolute atomic E-state index is 0.0363. The Morgan fingerprint density at radius 1 is 1.26 bits per heavy atom. The maximum Gasteiger partial charge on any atom is 0.261 e. The first-order valence-corrected chi connectivity index (χ1v) is 10.3. The van der Waals surface area contributed by atoms with Gasteiger partial charge in [-0.1, -0.05) is 12.5 Å². The molecule has 0 aliphatic carbocycles. The normalized spacial score (nSPS) is 15.1. The highest BCUT2D eigenvalue weighted by molar-refractivity contribution is 7.13. The van der Waals surface area contributed by atoms with E-state index in [9.17, 15) is 4.79 Å². The van der Waals surface area contributed by atoms with Crippen molar-refractivity contribution < 1.29 is 9.53 Å². The van der Waals surface area contributed by atoms with Gasteiger partial charge in [0.15, 0.2) is 0 Å². The Balaban J connectivity index is 1.37. The third kappa shape index (κ3) is 6.48. The molecule has 0 spiro atoms. The molecule has 0 saturated carbocycles. The smallest absolute Gasteiger partial charge is 0.261 e. The van der Waals surface area contributed by atoms with Crippen LogP contribution in [-0.2, 0) is 6.54 Å². The molecule has 2 aromatic heterocycles.